The van der Waals surface area contributed by atoms with Gasteiger partial charge in [-0.05, 0) is 26.2 Å². The van der Waals surface area contributed by atoms with Crippen molar-refractivity contribution < 1.29 is 0 Å². The summed E-state index contributed by atoms with van der Waals surface area (Å²) in [5.74, 6) is 8.34. The SMILES string of the molecule is CCCc1nc(NN)c(C)c(N2CCCCCCC2)n1. The Morgan fingerprint density at radius 2 is 1.75 bits per heavy atom. The summed E-state index contributed by atoms with van der Waals surface area (Å²) in [6.07, 6.45) is 8.46. The Morgan fingerprint density at radius 3 is 2.35 bits per heavy atom. The molecule has 5 heteroatoms. The maximum Gasteiger partial charge on any atom is 0.148 e. The lowest BCUT2D eigenvalue weighted by Gasteiger charge is -2.28. The van der Waals surface area contributed by atoms with Gasteiger partial charge in [-0.2, -0.15) is 0 Å². The highest BCUT2D eigenvalue weighted by Crippen LogP contribution is 2.25. The van der Waals surface area contributed by atoms with E-state index in [1.807, 2.05) is 0 Å². The molecule has 3 N–H and O–H groups in total. The number of anilines is 2. The maximum atomic E-state index is 5.61. The van der Waals surface area contributed by atoms with Gasteiger partial charge in [-0.3, -0.25) is 0 Å². The van der Waals surface area contributed by atoms with Crippen LogP contribution in [0.1, 0.15) is 56.8 Å². The van der Waals surface area contributed by atoms with E-state index < -0.39 is 0 Å². The van der Waals surface area contributed by atoms with Gasteiger partial charge in [0.2, 0.25) is 0 Å². The van der Waals surface area contributed by atoms with Crippen LogP contribution in [0.15, 0.2) is 0 Å². The van der Waals surface area contributed by atoms with Crippen LogP contribution < -0.4 is 16.2 Å². The molecule has 1 aromatic heterocycles. The molecule has 0 aliphatic carbocycles. The Bertz CT molecular complexity index is 425. The molecule has 20 heavy (non-hydrogen) atoms. The lowest BCUT2D eigenvalue weighted by molar-refractivity contribution is 0.552. The lowest BCUT2D eigenvalue weighted by atomic mass is 10.1. The Balaban J connectivity index is 2.29. The quantitative estimate of drug-likeness (QED) is 0.654. The zero-order valence-corrected chi connectivity index (χ0v) is 12.8. The zero-order chi connectivity index (χ0) is 14.4. The van der Waals surface area contributed by atoms with Crippen molar-refractivity contribution in [3.63, 3.8) is 0 Å². The van der Waals surface area contributed by atoms with Gasteiger partial charge in [0.05, 0.1) is 0 Å². The first kappa shape index (κ1) is 15.0. The van der Waals surface area contributed by atoms with Gasteiger partial charge in [0.15, 0.2) is 0 Å². The summed E-state index contributed by atoms with van der Waals surface area (Å²) in [6.45, 7) is 6.38. The fraction of sp³-hybridized carbons (Fsp3) is 0.733. The van der Waals surface area contributed by atoms with Crippen LogP contribution in [0.2, 0.25) is 0 Å². The second-order valence-electron chi connectivity index (χ2n) is 5.59. The monoisotopic (exact) mass is 277 g/mol. The summed E-state index contributed by atoms with van der Waals surface area (Å²) >= 11 is 0. The van der Waals surface area contributed by atoms with Crippen molar-refractivity contribution in [2.75, 3.05) is 23.4 Å². The summed E-state index contributed by atoms with van der Waals surface area (Å²) in [6, 6.07) is 0. The smallest absolute Gasteiger partial charge is 0.148 e. The van der Waals surface area contributed by atoms with Gasteiger partial charge in [-0.25, -0.2) is 15.8 Å². The highest BCUT2D eigenvalue weighted by atomic mass is 15.3. The summed E-state index contributed by atoms with van der Waals surface area (Å²) < 4.78 is 0. The van der Waals surface area contributed by atoms with Crippen LogP contribution in [0, 0.1) is 6.92 Å². The van der Waals surface area contributed by atoms with E-state index >= 15 is 0 Å². The van der Waals surface area contributed by atoms with Crippen LogP contribution in [0.5, 0.6) is 0 Å². The number of nitrogens with two attached hydrogens (primary N) is 1. The molecule has 0 saturated carbocycles. The third-order valence-corrected chi connectivity index (χ3v) is 3.93. The number of nitrogens with one attached hydrogen (secondary N) is 1. The molecule has 112 valence electrons. The number of hydrogen-bond donors (Lipinski definition) is 2. The van der Waals surface area contributed by atoms with Crippen molar-refractivity contribution in [2.24, 2.45) is 5.84 Å². The first-order valence-electron chi connectivity index (χ1n) is 7.85. The van der Waals surface area contributed by atoms with E-state index in [1.165, 1.54) is 32.1 Å². The van der Waals surface area contributed by atoms with Gasteiger partial charge < -0.3 is 10.3 Å². The second-order valence-corrected chi connectivity index (χ2v) is 5.59. The first-order valence-corrected chi connectivity index (χ1v) is 7.85. The zero-order valence-electron chi connectivity index (χ0n) is 12.8. The van der Waals surface area contributed by atoms with Gasteiger partial charge in [-0.15, -0.1) is 0 Å². The standard InChI is InChI=1S/C15H27N5/c1-3-9-13-17-14(19-16)12(2)15(18-13)20-10-7-5-4-6-8-11-20/h3-11,16H2,1-2H3,(H,17,18,19). The Hall–Kier alpha value is -1.36. The molecule has 1 aromatic rings. The molecule has 0 unspecified atom stereocenters. The normalized spacial score (nSPS) is 16.6. The van der Waals surface area contributed by atoms with Gasteiger partial charge in [-0.1, -0.05) is 26.2 Å². The molecule has 0 bridgehead atoms. The van der Waals surface area contributed by atoms with Crippen molar-refractivity contribution >= 4 is 11.6 Å². The maximum absolute atomic E-state index is 5.61. The second kappa shape index (κ2) is 7.43. The number of nitrogens with zero attached hydrogens (tertiary/aromatic N) is 3. The number of rotatable bonds is 4. The lowest BCUT2D eigenvalue weighted by Crippen LogP contribution is -2.29. The average molecular weight is 277 g/mol. The summed E-state index contributed by atoms with van der Waals surface area (Å²) in [5, 5.41) is 0. The van der Waals surface area contributed by atoms with Crippen LogP contribution in [-0.4, -0.2) is 23.1 Å². The van der Waals surface area contributed by atoms with Crippen LogP contribution in [0.3, 0.4) is 0 Å². The molecular weight excluding hydrogens is 250 g/mol. The van der Waals surface area contributed by atoms with Crippen molar-refractivity contribution in [1.82, 2.24) is 9.97 Å². The summed E-state index contributed by atoms with van der Waals surface area (Å²) in [4.78, 5) is 11.7. The summed E-state index contributed by atoms with van der Waals surface area (Å²) in [7, 11) is 0. The van der Waals surface area contributed by atoms with Gasteiger partial charge in [0, 0.05) is 25.1 Å². The van der Waals surface area contributed by atoms with E-state index in [4.69, 9.17) is 10.8 Å². The molecule has 2 heterocycles. The van der Waals surface area contributed by atoms with Crippen LogP contribution in [0.4, 0.5) is 11.6 Å². The van der Waals surface area contributed by atoms with E-state index in [0.717, 1.165) is 49.0 Å². The predicted octanol–water partition coefficient (Wildman–Crippen LogP) is 2.79. The molecule has 0 aromatic carbocycles. The molecule has 0 spiro atoms. The fourth-order valence-electron chi connectivity index (χ4n) is 2.79. The van der Waals surface area contributed by atoms with Gasteiger partial charge in [0.1, 0.15) is 17.5 Å². The van der Waals surface area contributed by atoms with Crippen LogP contribution in [0.25, 0.3) is 0 Å². The minimum Gasteiger partial charge on any atom is -0.356 e. The molecule has 5 nitrogen and oxygen atoms in total. The van der Waals surface area contributed by atoms with Crippen molar-refractivity contribution in [2.45, 2.75) is 58.8 Å². The number of aromatic nitrogens is 2. The minimum absolute atomic E-state index is 0.764. The van der Waals surface area contributed by atoms with Gasteiger partial charge >= 0.3 is 0 Å². The number of hydrazine groups is 1. The number of hydrogen-bond acceptors (Lipinski definition) is 5. The molecule has 1 saturated heterocycles. The number of aryl methyl sites for hydroxylation is 1. The first-order chi connectivity index (χ1) is 9.76. The molecule has 1 fully saturated rings. The van der Waals surface area contributed by atoms with E-state index in [9.17, 15) is 0 Å². The minimum atomic E-state index is 0.764. The topological polar surface area (TPSA) is 67.1 Å². The largest absolute Gasteiger partial charge is 0.356 e. The predicted molar refractivity (Wildman–Crippen MR) is 83.9 cm³/mol. The molecule has 0 amide bonds. The molecule has 2 rings (SSSR count). The third kappa shape index (κ3) is 3.60. The third-order valence-electron chi connectivity index (χ3n) is 3.93. The highest BCUT2D eigenvalue weighted by Gasteiger charge is 2.17. The molecule has 1 aliphatic heterocycles. The molecular formula is C15H27N5. The van der Waals surface area contributed by atoms with E-state index in [1.54, 1.807) is 0 Å². The fourth-order valence-corrected chi connectivity index (χ4v) is 2.79. The Kier molecular flexibility index (Phi) is 5.59. The Labute approximate surface area is 121 Å². The van der Waals surface area contributed by atoms with E-state index in [2.05, 4.69) is 29.2 Å². The van der Waals surface area contributed by atoms with Crippen LogP contribution in [-0.2, 0) is 6.42 Å². The average Bonchev–Trinajstić information content (AvgIpc) is 2.41. The molecule has 0 atom stereocenters. The van der Waals surface area contributed by atoms with Gasteiger partial charge in [0.25, 0.3) is 0 Å². The summed E-state index contributed by atoms with van der Waals surface area (Å²) in [5.41, 5.74) is 3.79. The van der Waals surface area contributed by atoms with E-state index in [-0.39, 0.29) is 0 Å². The number of nitrogen functional groups attached to an aromatic ring is 1. The Morgan fingerprint density at radius 1 is 1.10 bits per heavy atom. The van der Waals surface area contributed by atoms with Crippen molar-refractivity contribution in [3.05, 3.63) is 11.4 Å². The highest BCUT2D eigenvalue weighted by molar-refractivity contribution is 5.58. The molecule has 1 aliphatic rings. The van der Waals surface area contributed by atoms with Crippen molar-refractivity contribution in [3.8, 4) is 0 Å². The van der Waals surface area contributed by atoms with E-state index in [0.29, 0.717) is 0 Å². The molecule has 0 radical (unpaired) electrons. The van der Waals surface area contributed by atoms with Crippen molar-refractivity contribution in [1.29, 1.82) is 0 Å². The van der Waals surface area contributed by atoms with Crippen LogP contribution >= 0.6 is 0 Å².